The molecule has 1 aliphatic carbocycles. The van der Waals surface area contributed by atoms with Crippen LogP contribution in [-0.4, -0.2) is 15.9 Å². The highest BCUT2D eigenvalue weighted by atomic mass is 16.1. The van der Waals surface area contributed by atoms with E-state index >= 15 is 0 Å². The number of rotatable bonds is 5. The second kappa shape index (κ2) is 6.74. The topological polar surface area (TPSA) is 57.8 Å². The highest BCUT2D eigenvalue weighted by Crippen LogP contribution is 2.27. The Labute approximate surface area is 125 Å². The quantitative estimate of drug-likeness (QED) is 0.882. The monoisotopic (exact) mass is 285 g/mol. The SMILES string of the molecule is O=C(CCC1CCCCC1)NCc1nc2ccccc2[nH]1. The van der Waals surface area contributed by atoms with Gasteiger partial charge >= 0.3 is 0 Å². The third kappa shape index (κ3) is 3.84. The van der Waals surface area contributed by atoms with Crippen molar-refractivity contribution in [3.05, 3.63) is 30.1 Å². The summed E-state index contributed by atoms with van der Waals surface area (Å²) in [5.74, 6) is 1.72. The van der Waals surface area contributed by atoms with Crippen LogP contribution in [0.5, 0.6) is 0 Å². The van der Waals surface area contributed by atoms with Gasteiger partial charge in [0.15, 0.2) is 0 Å². The van der Waals surface area contributed by atoms with Gasteiger partial charge in [0.1, 0.15) is 5.82 Å². The number of aromatic amines is 1. The van der Waals surface area contributed by atoms with Gasteiger partial charge in [-0.2, -0.15) is 0 Å². The Hall–Kier alpha value is -1.84. The van der Waals surface area contributed by atoms with E-state index < -0.39 is 0 Å². The summed E-state index contributed by atoms with van der Waals surface area (Å²) in [5.41, 5.74) is 1.97. The average molecular weight is 285 g/mol. The Morgan fingerprint density at radius 2 is 2.05 bits per heavy atom. The van der Waals surface area contributed by atoms with Crippen molar-refractivity contribution in [2.24, 2.45) is 5.92 Å². The number of nitrogens with zero attached hydrogens (tertiary/aromatic N) is 1. The largest absolute Gasteiger partial charge is 0.349 e. The molecule has 1 heterocycles. The number of para-hydroxylation sites is 2. The molecule has 0 aliphatic heterocycles. The zero-order valence-corrected chi connectivity index (χ0v) is 12.4. The van der Waals surface area contributed by atoms with Crippen LogP contribution in [0.15, 0.2) is 24.3 Å². The first-order valence-corrected chi connectivity index (χ1v) is 8.01. The summed E-state index contributed by atoms with van der Waals surface area (Å²) < 4.78 is 0. The lowest BCUT2D eigenvalue weighted by molar-refractivity contribution is -0.121. The number of carbonyl (C=O) groups excluding carboxylic acids is 1. The van der Waals surface area contributed by atoms with Gasteiger partial charge in [-0.1, -0.05) is 44.2 Å². The van der Waals surface area contributed by atoms with E-state index in [9.17, 15) is 4.79 Å². The maximum absolute atomic E-state index is 11.9. The predicted molar refractivity (Wildman–Crippen MR) is 83.7 cm³/mol. The predicted octanol–water partition coefficient (Wildman–Crippen LogP) is 3.54. The maximum atomic E-state index is 11.9. The number of imidazole rings is 1. The lowest BCUT2D eigenvalue weighted by Crippen LogP contribution is -2.24. The Morgan fingerprint density at radius 1 is 1.24 bits per heavy atom. The lowest BCUT2D eigenvalue weighted by Gasteiger charge is -2.20. The van der Waals surface area contributed by atoms with E-state index in [1.807, 2.05) is 24.3 Å². The fourth-order valence-corrected chi connectivity index (χ4v) is 3.17. The fourth-order valence-electron chi connectivity index (χ4n) is 3.17. The number of fused-ring (bicyclic) bond motifs is 1. The lowest BCUT2D eigenvalue weighted by atomic mass is 9.86. The van der Waals surface area contributed by atoms with Crippen LogP contribution in [-0.2, 0) is 11.3 Å². The standard InChI is InChI=1S/C17H23N3O/c21-17(11-10-13-6-2-1-3-7-13)18-12-16-19-14-8-4-5-9-15(14)20-16/h4-5,8-9,13H,1-3,6-7,10-12H2,(H,18,21)(H,19,20). The molecule has 0 saturated heterocycles. The van der Waals surface area contributed by atoms with Crippen molar-refractivity contribution in [2.75, 3.05) is 0 Å². The molecule has 0 atom stereocenters. The third-order valence-electron chi connectivity index (χ3n) is 4.40. The van der Waals surface area contributed by atoms with Crippen molar-refractivity contribution < 1.29 is 4.79 Å². The van der Waals surface area contributed by atoms with Crippen molar-refractivity contribution in [1.82, 2.24) is 15.3 Å². The van der Waals surface area contributed by atoms with Crippen LogP contribution in [0.1, 0.15) is 50.8 Å². The number of aromatic nitrogens is 2. The Morgan fingerprint density at radius 3 is 2.86 bits per heavy atom. The van der Waals surface area contributed by atoms with E-state index in [1.54, 1.807) is 0 Å². The van der Waals surface area contributed by atoms with Crippen molar-refractivity contribution >= 4 is 16.9 Å². The van der Waals surface area contributed by atoms with Gasteiger partial charge in [-0.3, -0.25) is 4.79 Å². The van der Waals surface area contributed by atoms with E-state index in [2.05, 4.69) is 15.3 Å². The van der Waals surface area contributed by atoms with E-state index in [4.69, 9.17) is 0 Å². The van der Waals surface area contributed by atoms with E-state index in [-0.39, 0.29) is 5.91 Å². The van der Waals surface area contributed by atoms with Gasteiger partial charge in [0.25, 0.3) is 0 Å². The highest BCUT2D eigenvalue weighted by molar-refractivity contribution is 5.76. The molecule has 1 amide bonds. The van der Waals surface area contributed by atoms with Gasteiger partial charge in [-0.25, -0.2) is 4.98 Å². The molecule has 2 N–H and O–H groups in total. The number of hydrogen-bond acceptors (Lipinski definition) is 2. The Bertz CT molecular complexity index is 566. The number of hydrogen-bond donors (Lipinski definition) is 2. The second-order valence-corrected chi connectivity index (χ2v) is 6.02. The number of nitrogens with one attached hydrogen (secondary N) is 2. The summed E-state index contributed by atoms with van der Waals surface area (Å²) in [5, 5.41) is 2.97. The molecule has 1 saturated carbocycles. The molecule has 3 rings (SSSR count). The number of H-pyrrole nitrogens is 1. The van der Waals surface area contributed by atoms with Crippen molar-refractivity contribution in [3.63, 3.8) is 0 Å². The van der Waals surface area contributed by atoms with Crippen molar-refractivity contribution in [3.8, 4) is 0 Å². The molecule has 1 aromatic carbocycles. The summed E-state index contributed by atoms with van der Waals surface area (Å²) >= 11 is 0. The zero-order valence-electron chi connectivity index (χ0n) is 12.4. The van der Waals surface area contributed by atoms with Crippen LogP contribution >= 0.6 is 0 Å². The first-order chi connectivity index (χ1) is 10.3. The molecule has 4 nitrogen and oxygen atoms in total. The minimum absolute atomic E-state index is 0.140. The Balaban J connectivity index is 1.44. The van der Waals surface area contributed by atoms with Crippen LogP contribution in [0.25, 0.3) is 11.0 Å². The minimum atomic E-state index is 0.140. The molecule has 0 bridgehead atoms. The van der Waals surface area contributed by atoms with Crippen molar-refractivity contribution in [2.45, 2.75) is 51.5 Å². The van der Waals surface area contributed by atoms with E-state index in [0.29, 0.717) is 13.0 Å². The summed E-state index contributed by atoms with van der Waals surface area (Å²) in [7, 11) is 0. The minimum Gasteiger partial charge on any atom is -0.349 e. The van der Waals surface area contributed by atoms with Crippen LogP contribution < -0.4 is 5.32 Å². The van der Waals surface area contributed by atoms with Crippen LogP contribution in [0.3, 0.4) is 0 Å². The summed E-state index contributed by atoms with van der Waals surface area (Å²) in [6.07, 6.45) is 8.33. The molecule has 112 valence electrons. The number of benzene rings is 1. The van der Waals surface area contributed by atoms with Gasteiger partial charge in [0, 0.05) is 6.42 Å². The molecule has 1 aromatic heterocycles. The Kier molecular flexibility index (Phi) is 4.53. The summed E-state index contributed by atoms with van der Waals surface area (Å²) in [4.78, 5) is 19.6. The summed E-state index contributed by atoms with van der Waals surface area (Å²) in [6.45, 7) is 0.484. The molecule has 0 unspecified atom stereocenters. The molecule has 1 fully saturated rings. The van der Waals surface area contributed by atoms with Crippen LogP contribution in [0.4, 0.5) is 0 Å². The van der Waals surface area contributed by atoms with Crippen LogP contribution in [0.2, 0.25) is 0 Å². The van der Waals surface area contributed by atoms with Gasteiger partial charge in [-0.05, 0) is 24.5 Å². The molecule has 0 radical (unpaired) electrons. The van der Waals surface area contributed by atoms with E-state index in [1.165, 1.54) is 32.1 Å². The number of carbonyl (C=O) groups is 1. The second-order valence-electron chi connectivity index (χ2n) is 6.02. The number of amides is 1. The molecule has 21 heavy (non-hydrogen) atoms. The fraction of sp³-hybridized carbons (Fsp3) is 0.529. The highest BCUT2D eigenvalue weighted by Gasteiger charge is 2.14. The van der Waals surface area contributed by atoms with Gasteiger partial charge in [0.2, 0.25) is 5.91 Å². The smallest absolute Gasteiger partial charge is 0.220 e. The zero-order chi connectivity index (χ0) is 14.5. The normalized spacial score (nSPS) is 16.2. The molecular weight excluding hydrogens is 262 g/mol. The molecule has 4 heteroatoms. The van der Waals surface area contributed by atoms with Crippen molar-refractivity contribution in [1.29, 1.82) is 0 Å². The van der Waals surface area contributed by atoms with E-state index in [0.717, 1.165) is 29.2 Å². The first-order valence-electron chi connectivity index (χ1n) is 8.01. The van der Waals surface area contributed by atoms with Gasteiger partial charge in [-0.15, -0.1) is 0 Å². The molecule has 1 aliphatic rings. The molecule has 2 aromatic rings. The third-order valence-corrected chi connectivity index (χ3v) is 4.40. The van der Waals surface area contributed by atoms with Gasteiger partial charge < -0.3 is 10.3 Å². The van der Waals surface area contributed by atoms with Gasteiger partial charge in [0.05, 0.1) is 17.6 Å². The first kappa shape index (κ1) is 14.1. The maximum Gasteiger partial charge on any atom is 0.220 e. The average Bonchev–Trinajstić information content (AvgIpc) is 2.95. The summed E-state index contributed by atoms with van der Waals surface area (Å²) in [6, 6.07) is 7.92. The molecule has 0 spiro atoms. The van der Waals surface area contributed by atoms with Crippen LogP contribution in [0, 0.1) is 5.92 Å². The molecular formula is C17H23N3O.